The first kappa shape index (κ1) is 16.4. The van der Waals surface area contributed by atoms with Crippen LogP contribution in [0.5, 0.6) is 0 Å². The van der Waals surface area contributed by atoms with Crippen molar-refractivity contribution < 1.29 is 0 Å². The lowest BCUT2D eigenvalue weighted by molar-refractivity contribution is 0.340. The number of anilines is 1. The normalized spacial score (nSPS) is 22.8. The highest BCUT2D eigenvalue weighted by Gasteiger charge is 2.24. The summed E-state index contributed by atoms with van der Waals surface area (Å²) in [7, 11) is 0. The van der Waals surface area contributed by atoms with Gasteiger partial charge in [0.15, 0.2) is 0 Å². The Balaban J connectivity index is 2.07. The molecule has 2 nitrogen and oxygen atoms in total. The van der Waals surface area contributed by atoms with E-state index in [0.717, 1.165) is 19.0 Å². The Kier molecular flexibility index (Phi) is 6.56. The maximum Gasteiger partial charge on any atom is 0.0368 e. The molecule has 0 heterocycles. The molecule has 118 valence electrons. The van der Waals surface area contributed by atoms with E-state index < -0.39 is 0 Å². The van der Waals surface area contributed by atoms with E-state index in [4.69, 9.17) is 0 Å². The van der Waals surface area contributed by atoms with Gasteiger partial charge in [-0.15, -0.1) is 0 Å². The first-order valence-electron chi connectivity index (χ1n) is 8.79. The molecule has 0 aromatic heterocycles. The van der Waals surface area contributed by atoms with Crippen molar-refractivity contribution in [2.24, 2.45) is 5.92 Å². The minimum atomic E-state index is 0.705. The average molecular weight is 288 g/mol. The van der Waals surface area contributed by atoms with Gasteiger partial charge in [-0.05, 0) is 56.8 Å². The third kappa shape index (κ3) is 4.74. The molecule has 1 aliphatic carbocycles. The molecule has 21 heavy (non-hydrogen) atoms. The second kappa shape index (κ2) is 8.43. The van der Waals surface area contributed by atoms with Crippen LogP contribution in [0.4, 0.5) is 5.69 Å². The summed E-state index contributed by atoms with van der Waals surface area (Å²) in [5, 5.41) is 3.74. The molecule has 2 unspecified atom stereocenters. The number of nitrogens with zero attached hydrogens (tertiary/aromatic N) is 1. The fourth-order valence-electron chi connectivity index (χ4n) is 3.66. The molecule has 1 saturated carbocycles. The third-order valence-corrected chi connectivity index (χ3v) is 4.83. The summed E-state index contributed by atoms with van der Waals surface area (Å²) in [4.78, 5) is 2.56. The van der Waals surface area contributed by atoms with Gasteiger partial charge in [-0.1, -0.05) is 38.3 Å². The molecule has 0 bridgehead atoms. The van der Waals surface area contributed by atoms with Gasteiger partial charge < -0.3 is 10.2 Å². The molecule has 0 radical (unpaired) electrons. The van der Waals surface area contributed by atoms with Gasteiger partial charge in [0, 0.05) is 24.8 Å². The standard InChI is InChI=1S/C19H32N2/c1-4-20-19-13-8-6-7-11-17(19)15-21(5-2)18-12-9-10-16(3)14-18/h9-10,12,14,17,19-20H,4-8,11,13,15H2,1-3H3. The highest BCUT2D eigenvalue weighted by Crippen LogP contribution is 2.26. The summed E-state index contributed by atoms with van der Waals surface area (Å²) in [6.07, 6.45) is 6.93. The molecule has 2 heteroatoms. The lowest BCUT2D eigenvalue weighted by atomic mass is 9.93. The largest absolute Gasteiger partial charge is 0.371 e. The Hall–Kier alpha value is -1.02. The minimum Gasteiger partial charge on any atom is -0.371 e. The van der Waals surface area contributed by atoms with Crippen LogP contribution in [-0.2, 0) is 0 Å². The summed E-state index contributed by atoms with van der Waals surface area (Å²) in [6.45, 7) is 10.1. The van der Waals surface area contributed by atoms with E-state index in [9.17, 15) is 0 Å². The fraction of sp³-hybridized carbons (Fsp3) is 0.684. The van der Waals surface area contributed by atoms with E-state index in [1.165, 1.54) is 49.9 Å². The Morgan fingerprint density at radius 2 is 1.95 bits per heavy atom. The van der Waals surface area contributed by atoms with E-state index >= 15 is 0 Å². The van der Waals surface area contributed by atoms with Crippen molar-refractivity contribution >= 4 is 5.69 Å². The molecule has 0 saturated heterocycles. The SMILES string of the molecule is CCNC1CCCCCC1CN(CC)c1cccc(C)c1. The molecule has 1 fully saturated rings. The molecular formula is C19H32N2. The van der Waals surface area contributed by atoms with E-state index in [-0.39, 0.29) is 0 Å². The zero-order valence-corrected chi connectivity index (χ0v) is 14.1. The third-order valence-electron chi connectivity index (χ3n) is 4.83. The van der Waals surface area contributed by atoms with Crippen LogP contribution in [0.25, 0.3) is 0 Å². The molecule has 0 spiro atoms. The smallest absolute Gasteiger partial charge is 0.0368 e. The number of aryl methyl sites for hydroxylation is 1. The van der Waals surface area contributed by atoms with Crippen LogP contribution in [0.15, 0.2) is 24.3 Å². The number of hydrogen-bond donors (Lipinski definition) is 1. The molecule has 1 aliphatic rings. The van der Waals surface area contributed by atoms with Gasteiger partial charge in [-0.2, -0.15) is 0 Å². The molecule has 1 aromatic rings. The summed E-state index contributed by atoms with van der Waals surface area (Å²) in [5.41, 5.74) is 2.74. The van der Waals surface area contributed by atoms with Crippen molar-refractivity contribution in [3.63, 3.8) is 0 Å². The summed E-state index contributed by atoms with van der Waals surface area (Å²) >= 11 is 0. The van der Waals surface area contributed by atoms with Gasteiger partial charge in [-0.25, -0.2) is 0 Å². The Labute approximate surface area is 130 Å². The van der Waals surface area contributed by atoms with Gasteiger partial charge in [-0.3, -0.25) is 0 Å². The van der Waals surface area contributed by atoms with Crippen LogP contribution in [0, 0.1) is 12.8 Å². The molecule has 0 aliphatic heterocycles. The maximum absolute atomic E-state index is 3.74. The first-order valence-corrected chi connectivity index (χ1v) is 8.79. The summed E-state index contributed by atoms with van der Waals surface area (Å²) in [6, 6.07) is 9.65. The number of rotatable bonds is 6. The Morgan fingerprint density at radius 3 is 2.67 bits per heavy atom. The van der Waals surface area contributed by atoms with Crippen LogP contribution < -0.4 is 10.2 Å². The van der Waals surface area contributed by atoms with Gasteiger partial charge in [0.05, 0.1) is 0 Å². The van der Waals surface area contributed by atoms with E-state index in [1.807, 2.05) is 0 Å². The zero-order valence-electron chi connectivity index (χ0n) is 14.1. The average Bonchev–Trinajstić information content (AvgIpc) is 2.70. The lowest BCUT2D eigenvalue weighted by Crippen LogP contribution is -2.42. The topological polar surface area (TPSA) is 15.3 Å². The van der Waals surface area contributed by atoms with Gasteiger partial charge in [0.2, 0.25) is 0 Å². The van der Waals surface area contributed by atoms with Crippen molar-refractivity contribution in [1.29, 1.82) is 0 Å². The number of nitrogens with one attached hydrogen (secondary N) is 1. The second-order valence-corrected chi connectivity index (χ2v) is 6.44. The van der Waals surface area contributed by atoms with Crippen molar-refractivity contribution in [3.05, 3.63) is 29.8 Å². The Morgan fingerprint density at radius 1 is 1.14 bits per heavy atom. The highest BCUT2D eigenvalue weighted by molar-refractivity contribution is 5.48. The van der Waals surface area contributed by atoms with Crippen LogP contribution >= 0.6 is 0 Å². The molecule has 2 rings (SSSR count). The summed E-state index contributed by atoms with van der Waals surface area (Å²) in [5.74, 6) is 0.785. The predicted molar refractivity (Wildman–Crippen MR) is 93.1 cm³/mol. The van der Waals surface area contributed by atoms with Crippen LogP contribution in [0.2, 0.25) is 0 Å². The van der Waals surface area contributed by atoms with Gasteiger partial charge >= 0.3 is 0 Å². The molecule has 2 atom stereocenters. The number of benzene rings is 1. The van der Waals surface area contributed by atoms with Crippen molar-refractivity contribution in [3.8, 4) is 0 Å². The van der Waals surface area contributed by atoms with Crippen LogP contribution in [0.1, 0.15) is 51.5 Å². The Bertz CT molecular complexity index is 416. The lowest BCUT2D eigenvalue weighted by Gasteiger charge is -2.33. The highest BCUT2D eigenvalue weighted by atomic mass is 15.1. The van der Waals surface area contributed by atoms with Crippen molar-refractivity contribution in [1.82, 2.24) is 5.32 Å². The van der Waals surface area contributed by atoms with Crippen molar-refractivity contribution in [2.75, 3.05) is 24.5 Å². The quantitative estimate of drug-likeness (QED) is 0.782. The van der Waals surface area contributed by atoms with E-state index in [1.54, 1.807) is 0 Å². The van der Waals surface area contributed by atoms with Crippen molar-refractivity contribution in [2.45, 2.75) is 58.9 Å². The van der Waals surface area contributed by atoms with Gasteiger partial charge in [0.25, 0.3) is 0 Å². The van der Waals surface area contributed by atoms with Gasteiger partial charge in [0.1, 0.15) is 0 Å². The fourth-order valence-corrected chi connectivity index (χ4v) is 3.66. The van der Waals surface area contributed by atoms with Crippen LogP contribution in [0.3, 0.4) is 0 Å². The first-order chi connectivity index (χ1) is 10.2. The molecule has 1 N–H and O–H groups in total. The second-order valence-electron chi connectivity index (χ2n) is 6.44. The number of hydrogen-bond acceptors (Lipinski definition) is 2. The maximum atomic E-state index is 3.74. The monoisotopic (exact) mass is 288 g/mol. The van der Waals surface area contributed by atoms with E-state index in [0.29, 0.717) is 6.04 Å². The summed E-state index contributed by atoms with van der Waals surface area (Å²) < 4.78 is 0. The molecule has 0 amide bonds. The zero-order chi connectivity index (χ0) is 15.1. The van der Waals surface area contributed by atoms with E-state index in [2.05, 4.69) is 55.3 Å². The molecular weight excluding hydrogens is 256 g/mol. The molecule has 1 aromatic carbocycles. The van der Waals surface area contributed by atoms with Crippen LogP contribution in [-0.4, -0.2) is 25.7 Å². The minimum absolute atomic E-state index is 0.705. The predicted octanol–water partition coefficient (Wildman–Crippen LogP) is 4.38.